The molecule has 1 fully saturated rings. The SMILES string of the molecule is CN[C@H](C(=O)NCCCCc1ncc(-c2ccc3c(c2)Cc2cc(-c4cnc(C5CCCN5C(=O)C(NC(=O)OC)C(C)C)[nH]4)ccc2O3)[nH]1)C(C)C.COC=O. The van der Waals surface area contributed by atoms with E-state index >= 15 is 0 Å². The van der Waals surface area contributed by atoms with E-state index in [1.807, 2.05) is 70.2 Å². The fourth-order valence-electron chi connectivity index (χ4n) is 7.28. The number of imidazole rings is 2. The number of hydrogen-bond donors (Lipinski definition) is 5. The second kappa shape index (κ2) is 19.9. The van der Waals surface area contributed by atoms with Crippen LogP contribution in [0.3, 0.4) is 0 Å². The van der Waals surface area contributed by atoms with Crippen molar-refractivity contribution in [1.82, 2.24) is 40.8 Å². The molecule has 1 saturated heterocycles. The number of unbranched alkanes of at least 4 members (excludes halogenated alkanes) is 1. The number of H-pyrrole nitrogens is 2. The number of ether oxygens (including phenoxy) is 3. The van der Waals surface area contributed by atoms with E-state index < -0.39 is 12.1 Å². The van der Waals surface area contributed by atoms with E-state index in [1.54, 1.807) is 0 Å². The van der Waals surface area contributed by atoms with Crippen LogP contribution >= 0.6 is 0 Å². The van der Waals surface area contributed by atoms with Crippen LogP contribution in [0.4, 0.5) is 4.79 Å². The largest absolute Gasteiger partial charge is 0.471 e. The van der Waals surface area contributed by atoms with E-state index in [4.69, 9.17) is 19.3 Å². The molecule has 0 spiro atoms. The molecule has 6 rings (SSSR count). The Morgan fingerprint density at radius 3 is 2.16 bits per heavy atom. The Hall–Kier alpha value is -5.70. The van der Waals surface area contributed by atoms with Crippen molar-refractivity contribution in [3.8, 4) is 34.0 Å². The van der Waals surface area contributed by atoms with Gasteiger partial charge in [0.1, 0.15) is 29.2 Å². The van der Waals surface area contributed by atoms with Crippen molar-refractivity contribution in [3.63, 3.8) is 0 Å². The Labute approximate surface area is 334 Å². The molecule has 2 aliphatic rings. The van der Waals surface area contributed by atoms with Gasteiger partial charge in [-0.2, -0.15) is 0 Å². The van der Waals surface area contributed by atoms with Crippen molar-refractivity contribution < 1.29 is 33.4 Å². The molecule has 3 atom stereocenters. The number of aromatic nitrogens is 4. The van der Waals surface area contributed by atoms with Crippen molar-refractivity contribution in [2.75, 3.05) is 34.4 Å². The number of likely N-dealkylation sites (N-methyl/N-ethyl adjacent to an activating group) is 1. The molecule has 2 aromatic heterocycles. The summed E-state index contributed by atoms with van der Waals surface area (Å²) >= 11 is 0. The number of rotatable bonds is 15. The number of nitrogens with one attached hydrogen (secondary N) is 5. The zero-order valence-electron chi connectivity index (χ0n) is 33.9. The van der Waals surface area contributed by atoms with Crippen LogP contribution in [-0.2, 0) is 36.7 Å². The Morgan fingerprint density at radius 1 is 0.930 bits per heavy atom. The maximum Gasteiger partial charge on any atom is 0.407 e. The molecular weight excluding hydrogens is 729 g/mol. The number of benzene rings is 2. The minimum Gasteiger partial charge on any atom is -0.471 e. The fraction of sp³-hybridized carbons (Fsp3) is 0.476. The predicted octanol–water partition coefficient (Wildman–Crippen LogP) is 5.68. The lowest BCUT2D eigenvalue weighted by atomic mass is 9.96. The summed E-state index contributed by atoms with van der Waals surface area (Å²) in [5.41, 5.74) is 6.00. The molecular formula is C42H56N8O7. The molecule has 0 bridgehead atoms. The summed E-state index contributed by atoms with van der Waals surface area (Å²) in [6, 6.07) is 11.3. The maximum atomic E-state index is 13.6. The maximum absolute atomic E-state index is 13.6. The van der Waals surface area contributed by atoms with E-state index in [2.05, 4.69) is 53.8 Å². The Balaban J connectivity index is 0.00000148. The van der Waals surface area contributed by atoms with Gasteiger partial charge in [0.2, 0.25) is 11.8 Å². The number of aryl methyl sites for hydroxylation is 1. The molecule has 15 nitrogen and oxygen atoms in total. The lowest BCUT2D eigenvalue weighted by Gasteiger charge is -2.30. The highest BCUT2D eigenvalue weighted by molar-refractivity contribution is 5.86. The van der Waals surface area contributed by atoms with Gasteiger partial charge in [-0.15, -0.1) is 0 Å². The number of carbonyl (C=O) groups is 4. The Morgan fingerprint density at radius 2 is 1.56 bits per heavy atom. The number of alkyl carbamates (subject to hydrolysis) is 1. The standard InChI is InChI=1S/C40H52N8O5.C2H4O2/c1-23(2)35(41-5)38(49)42-16-8-7-11-34-43-21-29(45-34)25-12-14-32-27(18-25)20-28-19-26(13-15-33(28)53-32)30-22-44-37(46-30)31-10-9-17-48(31)39(50)36(24(3)4)47-40(51)52-6;1-4-2-3/h12-15,18-19,21-24,31,35-36,41H,7-11,16-17,20H2,1-6H3,(H,42,49)(H,43,45)(H,44,46)(H,47,51);2H,1H3/t31?,35-,36?;/m0./s1. The number of fused-ring (bicyclic) bond motifs is 2. The zero-order chi connectivity index (χ0) is 41.1. The van der Waals surface area contributed by atoms with Crippen molar-refractivity contribution in [3.05, 3.63) is 71.6 Å². The van der Waals surface area contributed by atoms with Crippen LogP contribution in [-0.4, -0.2) is 95.7 Å². The quantitative estimate of drug-likeness (QED) is 0.0652. The monoisotopic (exact) mass is 784 g/mol. The normalized spacial score (nSPS) is 15.4. The molecule has 2 unspecified atom stereocenters. The third-order valence-corrected chi connectivity index (χ3v) is 10.3. The van der Waals surface area contributed by atoms with Crippen LogP contribution in [0.5, 0.6) is 11.5 Å². The van der Waals surface area contributed by atoms with Crippen LogP contribution < -0.4 is 20.7 Å². The second-order valence-electron chi connectivity index (χ2n) is 15.0. The van der Waals surface area contributed by atoms with E-state index in [0.29, 0.717) is 26.0 Å². The summed E-state index contributed by atoms with van der Waals surface area (Å²) < 4.78 is 15.0. The first-order valence-corrected chi connectivity index (χ1v) is 19.6. The van der Waals surface area contributed by atoms with Crippen LogP contribution in [0.25, 0.3) is 22.5 Å². The fourth-order valence-corrected chi connectivity index (χ4v) is 7.28. The van der Waals surface area contributed by atoms with Gasteiger partial charge < -0.3 is 45.0 Å². The third kappa shape index (κ3) is 10.6. The number of aromatic amines is 2. The number of nitrogens with zero attached hydrogens (tertiary/aromatic N) is 3. The average molecular weight is 785 g/mol. The molecule has 2 aromatic carbocycles. The molecule has 3 amide bonds. The molecule has 0 aliphatic carbocycles. The number of hydrogen-bond acceptors (Lipinski definition) is 10. The predicted molar refractivity (Wildman–Crippen MR) is 215 cm³/mol. The number of carbonyl (C=O) groups excluding carboxylic acids is 4. The van der Waals surface area contributed by atoms with E-state index in [1.165, 1.54) is 14.2 Å². The number of amides is 3. The first-order chi connectivity index (χ1) is 27.5. The van der Waals surface area contributed by atoms with Crippen LogP contribution in [0.2, 0.25) is 0 Å². The van der Waals surface area contributed by atoms with Gasteiger partial charge in [0.15, 0.2) is 0 Å². The molecule has 5 N–H and O–H groups in total. The van der Waals surface area contributed by atoms with Crippen molar-refractivity contribution in [2.45, 2.75) is 84.3 Å². The molecule has 0 saturated carbocycles. The highest BCUT2D eigenvalue weighted by Gasteiger charge is 2.37. The van der Waals surface area contributed by atoms with Gasteiger partial charge in [-0.1, -0.05) is 27.7 Å². The van der Waals surface area contributed by atoms with E-state index in [0.717, 1.165) is 88.9 Å². The second-order valence-corrected chi connectivity index (χ2v) is 15.0. The highest BCUT2D eigenvalue weighted by Crippen LogP contribution is 2.40. The topological polar surface area (TPSA) is 193 Å². The zero-order valence-corrected chi connectivity index (χ0v) is 33.9. The molecule has 0 radical (unpaired) electrons. The molecule has 4 aromatic rings. The van der Waals surface area contributed by atoms with Gasteiger partial charge in [-0.05, 0) is 92.1 Å². The van der Waals surface area contributed by atoms with Crippen molar-refractivity contribution in [1.29, 1.82) is 0 Å². The van der Waals surface area contributed by atoms with Crippen molar-refractivity contribution >= 4 is 24.4 Å². The minimum absolute atomic E-state index is 0.0438. The van der Waals surface area contributed by atoms with Gasteiger partial charge in [0.05, 0.1) is 50.1 Å². The van der Waals surface area contributed by atoms with Crippen molar-refractivity contribution in [2.24, 2.45) is 11.8 Å². The molecule has 57 heavy (non-hydrogen) atoms. The first-order valence-electron chi connectivity index (χ1n) is 19.6. The molecule has 2 aliphatic heterocycles. The molecule has 15 heteroatoms. The Bertz CT molecular complexity index is 1990. The first kappa shape index (κ1) is 42.4. The highest BCUT2D eigenvalue weighted by atomic mass is 16.5. The smallest absolute Gasteiger partial charge is 0.407 e. The summed E-state index contributed by atoms with van der Waals surface area (Å²) in [7, 11) is 4.42. The van der Waals surface area contributed by atoms with Gasteiger partial charge in [-0.25, -0.2) is 14.8 Å². The van der Waals surface area contributed by atoms with Crippen LogP contribution in [0.1, 0.15) is 82.2 Å². The summed E-state index contributed by atoms with van der Waals surface area (Å²) in [4.78, 5) is 65.0. The van der Waals surface area contributed by atoms with E-state index in [-0.39, 0.29) is 35.7 Å². The van der Waals surface area contributed by atoms with E-state index in [9.17, 15) is 14.4 Å². The van der Waals surface area contributed by atoms with Gasteiger partial charge >= 0.3 is 6.09 Å². The minimum atomic E-state index is -0.685. The lowest BCUT2D eigenvalue weighted by molar-refractivity contribution is -0.135. The summed E-state index contributed by atoms with van der Waals surface area (Å²) in [5.74, 6) is 3.35. The molecule has 4 heterocycles. The summed E-state index contributed by atoms with van der Waals surface area (Å²) in [6.45, 7) is 9.50. The Kier molecular flexibility index (Phi) is 14.8. The van der Waals surface area contributed by atoms with Gasteiger partial charge in [-0.3, -0.25) is 14.4 Å². The third-order valence-electron chi connectivity index (χ3n) is 10.3. The lowest BCUT2D eigenvalue weighted by Crippen LogP contribution is -2.51. The molecule has 306 valence electrons. The van der Waals surface area contributed by atoms with Gasteiger partial charge in [0, 0.05) is 37.1 Å². The van der Waals surface area contributed by atoms with Crippen LogP contribution in [0.15, 0.2) is 48.8 Å². The average Bonchev–Trinajstić information content (AvgIpc) is 4.00. The summed E-state index contributed by atoms with van der Waals surface area (Å²) in [6.07, 6.45) is 8.01. The van der Waals surface area contributed by atoms with Crippen LogP contribution in [0, 0.1) is 11.8 Å². The summed E-state index contributed by atoms with van der Waals surface area (Å²) in [5, 5.41) is 8.82. The van der Waals surface area contributed by atoms with Gasteiger partial charge in [0.25, 0.3) is 6.47 Å². The number of methoxy groups -OCH3 is 2. The number of likely N-dealkylation sites (tertiary alicyclic amines) is 1.